The van der Waals surface area contributed by atoms with Gasteiger partial charge < -0.3 is 4.57 Å². The monoisotopic (exact) mass is 675 g/mol. The zero-order chi connectivity index (χ0) is 34.6. The third kappa shape index (κ3) is 3.96. The molecule has 4 aromatic heterocycles. The lowest BCUT2D eigenvalue weighted by atomic mass is 10.00. The van der Waals surface area contributed by atoms with Gasteiger partial charge in [0.2, 0.25) is 5.95 Å². The number of hydrogen-bond acceptors (Lipinski definition) is 2. The summed E-state index contributed by atoms with van der Waals surface area (Å²) in [6, 6.07) is 63.1. The zero-order valence-corrected chi connectivity index (χ0v) is 28.5. The topological polar surface area (TPSA) is 40.0 Å². The van der Waals surface area contributed by atoms with Gasteiger partial charge in [0.25, 0.3) is 0 Å². The first kappa shape index (κ1) is 28.5. The highest BCUT2D eigenvalue weighted by molar-refractivity contribution is 6.22. The van der Waals surface area contributed by atoms with E-state index in [2.05, 4.69) is 183 Å². The minimum Gasteiger partial charge on any atom is -0.309 e. The van der Waals surface area contributed by atoms with Crippen LogP contribution in [0.2, 0.25) is 0 Å². The Bertz CT molecular complexity index is 3460. The van der Waals surface area contributed by atoms with Gasteiger partial charge in [0.15, 0.2) is 0 Å². The van der Waals surface area contributed by atoms with Crippen LogP contribution in [0, 0.1) is 0 Å². The second-order valence-electron chi connectivity index (χ2n) is 13.9. The highest BCUT2D eigenvalue weighted by Crippen LogP contribution is 2.40. The van der Waals surface area contributed by atoms with E-state index in [4.69, 9.17) is 9.97 Å². The molecule has 246 valence electrons. The Kier molecular flexibility index (Phi) is 5.71. The summed E-state index contributed by atoms with van der Waals surface area (Å²) in [5.74, 6) is 0.822. The Hall–Kier alpha value is -7.24. The average Bonchev–Trinajstić information content (AvgIpc) is 3.89. The molecule has 0 amide bonds. The second kappa shape index (κ2) is 10.6. The van der Waals surface area contributed by atoms with Crippen molar-refractivity contribution in [2.45, 2.75) is 0 Å². The van der Waals surface area contributed by atoms with Gasteiger partial charge in [0, 0.05) is 32.6 Å². The predicted octanol–water partition coefficient (Wildman–Crippen LogP) is 12.1. The SMILES string of the molecule is c1ccc(-n2c3cc(-c4ccc5c6ccccc6n(-c6nc7ccccc7c7nc8ccccc8n67)c5c4)ccc3c3c4ccccc4ccc32)cc1. The van der Waals surface area contributed by atoms with Crippen LogP contribution in [0.25, 0.3) is 105 Å². The maximum Gasteiger partial charge on any atom is 0.221 e. The predicted molar refractivity (Wildman–Crippen MR) is 220 cm³/mol. The summed E-state index contributed by atoms with van der Waals surface area (Å²) >= 11 is 0. The highest BCUT2D eigenvalue weighted by Gasteiger charge is 2.21. The summed E-state index contributed by atoms with van der Waals surface area (Å²) in [4.78, 5) is 10.5. The lowest BCUT2D eigenvalue weighted by Gasteiger charge is -2.13. The third-order valence-corrected chi connectivity index (χ3v) is 11.0. The van der Waals surface area contributed by atoms with Gasteiger partial charge in [-0.25, -0.2) is 9.97 Å². The van der Waals surface area contributed by atoms with E-state index < -0.39 is 0 Å². The van der Waals surface area contributed by atoms with E-state index in [1.165, 1.54) is 43.4 Å². The highest BCUT2D eigenvalue weighted by atomic mass is 15.2. The number of fused-ring (bicyclic) bond motifs is 13. The van der Waals surface area contributed by atoms with Crippen molar-refractivity contribution in [3.8, 4) is 22.8 Å². The van der Waals surface area contributed by atoms with Crippen molar-refractivity contribution in [1.82, 2.24) is 23.5 Å². The molecule has 0 bridgehead atoms. The van der Waals surface area contributed by atoms with Crippen LogP contribution in [0.1, 0.15) is 0 Å². The number of nitrogens with zero attached hydrogens (tertiary/aromatic N) is 5. The smallest absolute Gasteiger partial charge is 0.221 e. The van der Waals surface area contributed by atoms with Crippen LogP contribution in [0.4, 0.5) is 0 Å². The molecule has 0 atom stereocenters. The second-order valence-corrected chi connectivity index (χ2v) is 13.9. The summed E-state index contributed by atoms with van der Waals surface area (Å²) in [5.41, 5.74) is 11.8. The number of benzene rings is 8. The molecule has 0 radical (unpaired) electrons. The molecule has 0 spiro atoms. The van der Waals surface area contributed by atoms with Gasteiger partial charge in [0.05, 0.1) is 38.6 Å². The molecule has 0 N–H and O–H groups in total. The first-order valence-corrected chi connectivity index (χ1v) is 18.0. The largest absolute Gasteiger partial charge is 0.309 e. The molecule has 12 rings (SSSR count). The molecule has 0 saturated heterocycles. The van der Waals surface area contributed by atoms with E-state index in [1.807, 2.05) is 6.07 Å². The van der Waals surface area contributed by atoms with Crippen LogP contribution in [0.5, 0.6) is 0 Å². The summed E-state index contributed by atoms with van der Waals surface area (Å²) in [7, 11) is 0. The zero-order valence-electron chi connectivity index (χ0n) is 28.5. The molecular weight excluding hydrogens is 647 g/mol. The van der Waals surface area contributed by atoms with Gasteiger partial charge in [0.1, 0.15) is 5.65 Å². The molecule has 0 aliphatic rings. The minimum atomic E-state index is 0.822. The van der Waals surface area contributed by atoms with Crippen molar-refractivity contribution in [2.75, 3.05) is 0 Å². The van der Waals surface area contributed by atoms with E-state index in [0.29, 0.717) is 0 Å². The number of aromatic nitrogens is 5. The van der Waals surface area contributed by atoms with Crippen LogP contribution >= 0.6 is 0 Å². The van der Waals surface area contributed by atoms with E-state index >= 15 is 0 Å². The molecule has 4 heterocycles. The number of imidazole rings is 1. The number of para-hydroxylation sites is 5. The Morgan fingerprint density at radius 1 is 0.358 bits per heavy atom. The summed E-state index contributed by atoms with van der Waals surface area (Å²) in [6.07, 6.45) is 0. The molecule has 0 fully saturated rings. The Labute approximate surface area is 303 Å². The summed E-state index contributed by atoms with van der Waals surface area (Å²) < 4.78 is 6.97. The average molecular weight is 676 g/mol. The molecule has 0 aliphatic carbocycles. The molecule has 5 nitrogen and oxygen atoms in total. The molecule has 5 heteroatoms. The maximum atomic E-state index is 5.39. The van der Waals surface area contributed by atoms with Crippen LogP contribution < -0.4 is 0 Å². The van der Waals surface area contributed by atoms with Crippen LogP contribution in [0.3, 0.4) is 0 Å². The van der Waals surface area contributed by atoms with Crippen molar-refractivity contribution in [1.29, 1.82) is 0 Å². The first-order chi connectivity index (χ1) is 26.3. The summed E-state index contributed by atoms with van der Waals surface area (Å²) in [6.45, 7) is 0. The minimum absolute atomic E-state index is 0.822. The third-order valence-electron chi connectivity index (χ3n) is 11.0. The molecule has 8 aromatic carbocycles. The van der Waals surface area contributed by atoms with Crippen LogP contribution in [0.15, 0.2) is 176 Å². The van der Waals surface area contributed by atoms with Gasteiger partial charge in [-0.3, -0.25) is 8.97 Å². The molecule has 12 aromatic rings. The Morgan fingerprint density at radius 2 is 0.981 bits per heavy atom. The lowest BCUT2D eigenvalue weighted by molar-refractivity contribution is 0.979. The fourth-order valence-corrected chi connectivity index (χ4v) is 8.66. The van der Waals surface area contributed by atoms with Gasteiger partial charge in [-0.2, -0.15) is 0 Å². The summed E-state index contributed by atoms with van der Waals surface area (Å²) in [5, 5.41) is 8.44. The van der Waals surface area contributed by atoms with E-state index in [0.717, 1.165) is 61.4 Å². The van der Waals surface area contributed by atoms with Crippen molar-refractivity contribution in [2.24, 2.45) is 0 Å². The number of hydrogen-bond donors (Lipinski definition) is 0. The molecule has 0 unspecified atom stereocenters. The van der Waals surface area contributed by atoms with Gasteiger partial charge in [-0.15, -0.1) is 0 Å². The molecular formula is C48H29N5. The van der Waals surface area contributed by atoms with Gasteiger partial charge >= 0.3 is 0 Å². The van der Waals surface area contributed by atoms with Crippen molar-refractivity contribution in [3.63, 3.8) is 0 Å². The Balaban J connectivity index is 1.16. The number of rotatable bonds is 3. The fraction of sp³-hybridized carbons (Fsp3) is 0. The lowest BCUT2D eigenvalue weighted by Crippen LogP contribution is -2.06. The molecule has 0 aliphatic heterocycles. The van der Waals surface area contributed by atoms with Crippen LogP contribution in [-0.4, -0.2) is 23.5 Å². The molecule has 0 saturated carbocycles. The van der Waals surface area contributed by atoms with Crippen molar-refractivity contribution in [3.05, 3.63) is 176 Å². The van der Waals surface area contributed by atoms with Gasteiger partial charge in [-0.05, 0) is 82.6 Å². The van der Waals surface area contributed by atoms with Crippen LogP contribution in [-0.2, 0) is 0 Å². The van der Waals surface area contributed by atoms with E-state index in [1.54, 1.807) is 0 Å². The first-order valence-electron chi connectivity index (χ1n) is 18.0. The Morgan fingerprint density at radius 3 is 1.81 bits per heavy atom. The van der Waals surface area contributed by atoms with Gasteiger partial charge in [-0.1, -0.05) is 115 Å². The van der Waals surface area contributed by atoms with E-state index in [-0.39, 0.29) is 0 Å². The normalized spacial score (nSPS) is 12.2. The molecule has 53 heavy (non-hydrogen) atoms. The standard InChI is InChI=1S/C48H29N5/c1-2-13-33(14-3-1)51-43-27-24-30-12-4-5-15-34(30)46(43)38-26-23-32(29-45(38)51)31-22-25-36-35-16-7-10-20-41(35)52(44(36)28-31)48-50-39-18-8-6-17-37(39)47-49-40-19-9-11-21-42(40)53(47)48/h1-29H. The quantitative estimate of drug-likeness (QED) is 0.187. The van der Waals surface area contributed by atoms with Crippen molar-refractivity contribution >= 4 is 82.0 Å². The fourth-order valence-electron chi connectivity index (χ4n) is 8.66. The van der Waals surface area contributed by atoms with Crippen molar-refractivity contribution < 1.29 is 0 Å². The maximum absolute atomic E-state index is 5.39. The van der Waals surface area contributed by atoms with E-state index in [9.17, 15) is 0 Å².